The molecule has 0 unspecified atom stereocenters. The van der Waals surface area contributed by atoms with Crippen molar-refractivity contribution >= 4 is 55.7 Å². The van der Waals surface area contributed by atoms with E-state index in [0.29, 0.717) is 15.8 Å². The van der Waals surface area contributed by atoms with Crippen molar-refractivity contribution in [2.24, 2.45) is 0 Å². The van der Waals surface area contributed by atoms with Crippen LogP contribution in [0.25, 0.3) is 0 Å². The van der Waals surface area contributed by atoms with Gasteiger partial charge in [-0.25, -0.2) is 9.78 Å². The van der Waals surface area contributed by atoms with E-state index in [2.05, 4.69) is 31.0 Å². The van der Waals surface area contributed by atoms with Gasteiger partial charge in [0.25, 0.3) is 0 Å². The third-order valence-corrected chi connectivity index (χ3v) is 4.13. The molecule has 2 rings (SSSR count). The summed E-state index contributed by atoms with van der Waals surface area (Å²) in [5.41, 5.74) is 1.16. The first kappa shape index (κ1) is 14.3. The second-order valence-corrected chi connectivity index (χ2v) is 6.16. The van der Waals surface area contributed by atoms with Gasteiger partial charge in [0.2, 0.25) is 0 Å². The highest BCUT2D eigenvalue weighted by Crippen LogP contribution is 2.31. The Hall–Kier alpha value is -1.11. The molecule has 7 heteroatoms. The lowest BCUT2D eigenvalue weighted by molar-refractivity contribution is 0.0594. The molecule has 0 radical (unpaired) electrons. The lowest BCUT2D eigenvalue weighted by Gasteiger charge is -2.05. The number of aromatic nitrogens is 1. The molecule has 0 saturated heterocycles. The molecule has 0 aliphatic rings. The fraction of sp³-hybridized carbons (Fsp3) is 0.167. The predicted molar refractivity (Wildman–Crippen MR) is 80.6 cm³/mol. The Balaban J connectivity index is 2.26. The molecule has 0 bridgehead atoms. The summed E-state index contributed by atoms with van der Waals surface area (Å²) in [5, 5.41) is 4.40. The Labute approximate surface area is 127 Å². The Bertz CT molecular complexity index is 630. The van der Waals surface area contributed by atoms with Crippen LogP contribution >= 0.6 is 38.9 Å². The predicted octanol–water partition coefficient (Wildman–Crippen LogP) is 4.40. The van der Waals surface area contributed by atoms with Crippen LogP contribution in [0.4, 0.5) is 10.8 Å². The smallest absolute Gasteiger partial charge is 0.357 e. The molecule has 1 heterocycles. The van der Waals surface area contributed by atoms with E-state index in [9.17, 15) is 4.79 Å². The fourth-order valence-corrected chi connectivity index (χ4v) is 3.04. The number of halogens is 2. The Morgan fingerprint density at radius 2 is 2.26 bits per heavy atom. The number of nitrogens with one attached hydrogen (secondary N) is 1. The van der Waals surface area contributed by atoms with Gasteiger partial charge in [0.15, 0.2) is 10.8 Å². The number of nitrogens with zero attached hydrogens (tertiary/aromatic N) is 1. The van der Waals surface area contributed by atoms with Crippen molar-refractivity contribution in [3.05, 3.63) is 38.3 Å². The monoisotopic (exact) mass is 360 g/mol. The maximum Gasteiger partial charge on any atom is 0.357 e. The highest BCUT2D eigenvalue weighted by Gasteiger charge is 2.16. The number of hydrogen-bond acceptors (Lipinski definition) is 5. The summed E-state index contributed by atoms with van der Waals surface area (Å²) >= 11 is 10.7. The standard InChI is InChI=1S/C12H10BrClN2O2S/c1-6-10(11(17)18-2)16-12(19-6)15-9-4-3-7(14)5-8(9)13/h3-5H,1-2H3,(H,15,16). The van der Waals surface area contributed by atoms with Gasteiger partial charge in [-0.2, -0.15) is 0 Å². The second kappa shape index (κ2) is 5.90. The van der Waals surface area contributed by atoms with E-state index in [1.165, 1.54) is 18.4 Å². The molecule has 0 aliphatic heterocycles. The van der Waals surface area contributed by atoms with Crippen LogP contribution in [0.2, 0.25) is 5.02 Å². The lowest BCUT2D eigenvalue weighted by atomic mass is 10.3. The number of methoxy groups -OCH3 is 1. The molecule has 0 spiro atoms. The maximum absolute atomic E-state index is 11.5. The fourth-order valence-electron chi connectivity index (χ4n) is 1.44. The summed E-state index contributed by atoms with van der Waals surface area (Å²) in [7, 11) is 1.34. The summed E-state index contributed by atoms with van der Waals surface area (Å²) in [6.45, 7) is 1.83. The molecule has 0 aliphatic carbocycles. The van der Waals surface area contributed by atoms with Crippen LogP contribution < -0.4 is 5.32 Å². The molecular weight excluding hydrogens is 352 g/mol. The van der Waals surface area contributed by atoms with E-state index in [0.717, 1.165) is 15.0 Å². The SMILES string of the molecule is COC(=O)c1nc(Nc2ccc(Cl)cc2Br)sc1C. The van der Waals surface area contributed by atoms with Crippen LogP contribution in [-0.4, -0.2) is 18.1 Å². The zero-order valence-electron chi connectivity index (χ0n) is 10.2. The third kappa shape index (κ3) is 3.26. The second-order valence-electron chi connectivity index (χ2n) is 3.66. The molecule has 4 nitrogen and oxygen atoms in total. The van der Waals surface area contributed by atoms with Crippen LogP contribution in [0.1, 0.15) is 15.4 Å². The van der Waals surface area contributed by atoms with Gasteiger partial charge in [0, 0.05) is 14.4 Å². The number of rotatable bonds is 3. The molecule has 19 heavy (non-hydrogen) atoms. The summed E-state index contributed by atoms with van der Waals surface area (Å²) < 4.78 is 5.50. The normalized spacial score (nSPS) is 10.3. The minimum Gasteiger partial charge on any atom is -0.464 e. The Morgan fingerprint density at radius 3 is 2.89 bits per heavy atom. The van der Waals surface area contributed by atoms with E-state index in [-0.39, 0.29) is 0 Å². The summed E-state index contributed by atoms with van der Waals surface area (Å²) in [5.74, 6) is -0.433. The van der Waals surface area contributed by atoms with Crippen molar-refractivity contribution in [3.63, 3.8) is 0 Å². The Morgan fingerprint density at radius 1 is 1.53 bits per heavy atom. The number of ether oxygens (including phenoxy) is 1. The molecule has 100 valence electrons. The number of carbonyl (C=O) groups is 1. The van der Waals surface area contributed by atoms with E-state index in [4.69, 9.17) is 11.6 Å². The van der Waals surface area contributed by atoms with Crippen LogP contribution in [0.5, 0.6) is 0 Å². The van der Waals surface area contributed by atoms with E-state index in [1.807, 2.05) is 13.0 Å². The topological polar surface area (TPSA) is 51.2 Å². The number of carbonyl (C=O) groups excluding carboxylic acids is 1. The molecule has 0 saturated carbocycles. The van der Waals surface area contributed by atoms with Crippen molar-refractivity contribution in [3.8, 4) is 0 Å². The van der Waals surface area contributed by atoms with Gasteiger partial charge < -0.3 is 10.1 Å². The van der Waals surface area contributed by atoms with Gasteiger partial charge in [0.05, 0.1) is 12.8 Å². The zero-order valence-corrected chi connectivity index (χ0v) is 13.3. The van der Waals surface area contributed by atoms with Crippen molar-refractivity contribution in [1.82, 2.24) is 4.98 Å². The molecular formula is C12H10BrClN2O2S. The number of hydrogen-bond donors (Lipinski definition) is 1. The lowest BCUT2D eigenvalue weighted by Crippen LogP contribution is -2.03. The Kier molecular flexibility index (Phi) is 4.44. The quantitative estimate of drug-likeness (QED) is 0.823. The van der Waals surface area contributed by atoms with Gasteiger partial charge in [-0.1, -0.05) is 11.6 Å². The van der Waals surface area contributed by atoms with Gasteiger partial charge in [0.1, 0.15) is 0 Å². The number of benzene rings is 1. The van der Waals surface area contributed by atoms with Crippen molar-refractivity contribution in [1.29, 1.82) is 0 Å². The first-order valence-electron chi connectivity index (χ1n) is 5.29. The van der Waals surface area contributed by atoms with Crippen LogP contribution in [0.15, 0.2) is 22.7 Å². The summed E-state index contributed by atoms with van der Waals surface area (Å²) in [4.78, 5) is 16.5. The van der Waals surface area contributed by atoms with Crippen LogP contribution in [0.3, 0.4) is 0 Å². The van der Waals surface area contributed by atoms with E-state index < -0.39 is 5.97 Å². The number of thiazole rings is 1. The van der Waals surface area contributed by atoms with Gasteiger partial charge in [-0.05, 0) is 41.1 Å². The molecule has 2 aromatic rings. The molecule has 1 N–H and O–H groups in total. The number of aryl methyl sites for hydroxylation is 1. The first-order valence-corrected chi connectivity index (χ1v) is 7.28. The van der Waals surface area contributed by atoms with Crippen molar-refractivity contribution < 1.29 is 9.53 Å². The number of anilines is 2. The van der Waals surface area contributed by atoms with E-state index in [1.54, 1.807) is 12.1 Å². The molecule has 0 amide bonds. The third-order valence-electron chi connectivity index (χ3n) is 2.35. The summed E-state index contributed by atoms with van der Waals surface area (Å²) in [6, 6.07) is 5.39. The van der Waals surface area contributed by atoms with Crippen molar-refractivity contribution in [2.45, 2.75) is 6.92 Å². The molecule has 0 atom stereocenters. The minimum atomic E-state index is -0.433. The summed E-state index contributed by atoms with van der Waals surface area (Å²) in [6.07, 6.45) is 0. The van der Waals surface area contributed by atoms with Gasteiger partial charge >= 0.3 is 5.97 Å². The largest absolute Gasteiger partial charge is 0.464 e. The van der Waals surface area contributed by atoms with Crippen molar-refractivity contribution in [2.75, 3.05) is 12.4 Å². The first-order chi connectivity index (χ1) is 9.01. The van der Waals surface area contributed by atoms with Gasteiger partial charge in [-0.3, -0.25) is 0 Å². The van der Waals surface area contributed by atoms with Gasteiger partial charge in [-0.15, -0.1) is 11.3 Å². The number of esters is 1. The molecule has 1 aromatic heterocycles. The molecule has 0 fully saturated rings. The maximum atomic E-state index is 11.5. The average Bonchev–Trinajstić information content (AvgIpc) is 2.73. The van der Waals surface area contributed by atoms with Crippen LogP contribution in [-0.2, 0) is 4.74 Å². The highest BCUT2D eigenvalue weighted by atomic mass is 79.9. The average molecular weight is 362 g/mol. The zero-order chi connectivity index (χ0) is 14.0. The van der Waals surface area contributed by atoms with Crippen LogP contribution in [0, 0.1) is 6.92 Å². The molecule has 1 aromatic carbocycles. The van der Waals surface area contributed by atoms with E-state index >= 15 is 0 Å². The minimum absolute atomic E-state index is 0.333. The highest BCUT2D eigenvalue weighted by molar-refractivity contribution is 9.10.